The van der Waals surface area contributed by atoms with Gasteiger partial charge in [0.1, 0.15) is 5.75 Å². The van der Waals surface area contributed by atoms with E-state index in [4.69, 9.17) is 4.74 Å². The maximum atomic E-state index is 12.5. The van der Waals surface area contributed by atoms with Crippen molar-refractivity contribution in [2.75, 3.05) is 12.4 Å². The van der Waals surface area contributed by atoms with E-state index in [2.05, 4.69) is 10.6 Å². The zero-order valence-corrected chi connectivity index (χ0v) is 14.5. The van der Waals surface area contributed by atoms with Crippen LogP contribution in [0.2, 0.25) is 0 Å². The summed E-state index contributed by atoms with van der Waals surface area (Å²) in [5.74, 6) is -2.46. The highest BCUT2D eigenvalue weighted by atomic mass is 16.5. The van der Waals surface area contributed by atoms with Crippen LogP contribution < -0.4 is 15.4 Å². The minimum atomic E-state index is -0.977. The smallest absolute Gasteiger partial charge is 0.307 e. The number of benzene rings is 1. The van der Waals surface area contributed by atoms with Gasteiger partial charge in [0.2, 0.25) is 5.91 Å². The van der Waals surface area contributed by atoms with Crippen LogP contribution in [0.1, 0.15) is 37.0 Å². The van der Waals surface area contributed by atoms with Crippen molar-refractivity contribution in [1.82, 2.24) is 5.32 Å². The van der Waals surface area contributed by atoms with Crippen LogP contribution in [-0.2, 0) is 9.59 Å². The van der Waals surface area contributed by atoms with Crippen molar-refractivity contribution < 1.29 is 24.2 Å². The molecule has 0 spiro atoms. The van der Waals surface area contributed by atoms with E-state index in [9.17, 15) is 19.5 Å². The Morgan fingerprint density at radius 1 is 1.20 bits per heavy atom. The molecule has 134 valence electrons. The number of carboxylic acid groups (broad SMARTS) is 1. The van der Waals surface area contributed by atoms with E-state index in [0.29, 0.717) is 17.0 Å². The Bertz CT molecular complexity index is 739. The summed E-state index contributed by atoms with van der Waals surface area (Å²) >= 11 is 0. The minimum Gasteiger partial charge on any atom is -0.495 e. The average Bonchev–Trinajstić information content (AvgIpc) is 3.43. The van der Waals surface area contributed by atoms with Gasteiger partial charge in [-0.15, -0.1) is 0 Å². The van der Waals surface area contributed by atoms with Gasteiger partial charge in [-0.1, -0.05) is 13.8 Å². The molecule has 2 amide bonds. The largest absolute Gasteiger partial charge is 0.495 e. The first-order chi connectivity index (χ1) is 11.8. The Balaban J connectivity index is 1.77. The summed E-state index contributed by atoms with van der Waals surface area (Å²) < 4.78 is 5.24. The van der Waals surface area contributed by atoms with Gasteiger partial charge in [-0.05, 0) is 36.5 Å². The number of carbonyl (C=O) groups is 3. The summed E-state index contributed by atoms with van der Waals surface area (Å²) in [6.45, 7) is 3.51. The Kier molecular flexibility index (Phi) is 4.18. The molecule has 0 heterocycles. The molecule has 25 heavy (non-hydrogen) atoms. The molecule has 3 N–H and O–H groups in total. The fraction of sp³-hybridized carbons (Fsp3) is 0.500. The number of aliphatic carboxylic acids is 1. The van der Waals surface area contributed by atoms with Crippen LogP contribution >= 0.6 is 0 Å². The van der Waals surface area contributed by atoms with Gasteiger partial charge in [-0.3, -0.25) is 14.4 Å². The van der Waals surface area contributed by atoms with E-state index in [1.807, 2.05) is 0 Å². The number of ether oxygens (including phenoxy) is 1. The number of nitrogens with one attached hydrogen (secondary N) is 2. The highest BCUT2D eigenvalue weighted by molar-refractivity contribution is 6.02. The summed E-state index contributed by atoms with van der Waals surface area (Å²) in [5, 5.41) is 14.8. The molecule has 0 aliphatic heterocycles. The topological polar surface area (TPSA) is 105 Å². The van der Waals surface area contributed by atoms with Gasteiger partial charge in [-0.25, -0.2) is 0 Å². The monoisotopic (exact) mass is 346 g/mol. The Morgan fingerprint density at radius 3 is 2.40 bits per heavy atom. The van der Waals surface area contributed by atoms with E-state index in [1.165, 1.54) is 7.11 Å². The van der Waals surface area contributed by atoms with Gasteiger partial charge in [0.25, 0.3) is 5.91 Å². The number of hydrogen-bond acceptors (Lipinski definition) is 4. The molecule has 7 nitrogen and oxygen atoms in total. The first kappa shape index (κ1) is 17.3. The molecule has 2 saturated carbocycles. The van der Waals surface area contributed by atoms with Gasteiger partial charge in [0.15, 0.2) is 0 Å². The summed E-state index contributed by atoms with van der Waals surface area (Å²) in [5.41, 5.74) is 0.194. The average molecular weight is 346 g/mol. The molecule has 0 radical (unpaired) electrons. The molecule has 0 unspecified atom stereocenters. The van der Waals surface area contributed by atoms with Crippen molar-refractivity contribution in [3.63, 3.8) is 0 Å². The molecule has 2 aliphatic carbocycles. The van der Waals surface area contributed by atoms with Gasteiger partial charge in [0.05, 0.1) is 24.6 Å². The van der Waals surface area contributed by atoms with Crippen molar-refractivity contribution in [3.05, 3.63) is 23.8 Å². The molecule has 2 aliphatic rings. The first-order valence-corrected chi connectivity index (χ1v) is 8.28. The molecule has 1 aromatic carbocycles. The first-order valence-electron chi connectivity index (χ1n) is 8.28. The maximum absolute atomic E-state index is 12.5. The second-order valence-electron chi connectivity index (χ2n) is 7.27. The van der Waals surface area contributed by atoms with Crippen LogP contribution in [0.5, 0.6) is 5.75 Å². The Hall–Kier alpha value is -2.57. The molecule has 0 bridgehead atoms. The number of hydrogen-bond donors (Lipinski definition) is 3. The van der Waals surface area contributed by atoms with E-state index in [1.54, 1.807) is 32.0 Å². The lowest BCUT2D eigenvalue weighted by atomic mass is 10.1. The number of carboxylic acids is 1. The highest BCUT2D eigenvalue weighted by Crippen LogP contribution is 2.58. The van der Waals surface area contributed by atoms with Gasteiger partial charge < -0.3 is 20.5 Å². The van der Waals surface area contributed by atoms with E-state index in [0.717, 1.165) is 12.8 Å². The molecular weight excluding hydrogens is 324 g/mol. The van der Waals surface area contributed by atoms with E-state index < -0.39 is 23.2 Å². The second-order valence-corrected chi connectivity index (χ2v) is 7.27. The van der Waals surface area contributed by atoms with Crippen molar-refractivity contribution in [3.8, 4) is 5.75 Å². The summed E-state index contributed by atoms with van der Waals surface area (Å²) in [6, 6.07) is 5.04. The molecule has 1 aromatic rings. The lowest BCUT2D eigenvalue weighted by Crippen LogP contribution is -2.25. The van der Waals surface area contributed by atoms with Crippen molar-refractivity contribution in [1.29, 1.82) is 0 Å². The zero-order chi connectivity index (χ0) is 18.4. The summed E-state index contributed by atoms with van der Waals surface area (Å²) in [6.07, 6.45) is 1.97. The SMILES string of the molecule is COc1ccc(C(=O)NC2CC2)cc1NC(=O)[C@@H]1[C@H](C(=O)O)C1(C)C. The third-order valence-electron chi connectivity index (χ3n) is 5.01. The van der Waals surface area contributed by atoms with E-state index >= 15 is 0 Å². The predicted molar refractivity (Wildman–Crippen MR) is 90.5 cm³/mol. The highest BCUT2D eigenvalue weighted by Gasteiger charge is 2.65. The number of rotatable bonds is 6. The summed E-state index contributed by atoms with van der Waals surface area (Å²) in [7, 11) is 1.47. The normalized spacial score (nSPS) is 23.5. The lowest BCUT2D eigenvalue weighted by Gasteiger charge is -2.13. The Morgan fingerprint density at radius 2 is 1.88 bits per heavy atom. The third-order valence-corrected chi connectivity index (χ3v) is 5.01. The fourth-order valence-electron chi connectivity index (χ4n) is 3.24. The summed E-state index contributed by atoms with van der Waals surface area (Å²) in [4.78, 5) is 36.0. The molecule has 2 fully saturated rings. The number of amides is 2. The second kappa shape index (κ2) is 6.06. The molecular formula is C18H22N2O5. The molecule has 0 saturated heterocycles. The molecule has 7 heteroatoms. The van der Waals surface area contributed by atoms with Crippen LogP contribution in [0.4, 0.5) is 5.69 Å². The van der Waals surface area contributed by atoms with E-state index in [-0.39, 0.29) is 17.9 Å². The van der Waals surface area contributed by atoms with Gasteiger partial charge in [0, 0.05) is 11.6 Å². The molecule has 2 atom stereocenters. The quantitative estimate of drug-likeness (QED) is 0.729. The van der Waals surface area contributed by atoms with Crippen molar-refractivity contribution >= 4 is 23.5 Å². The van der Waals surface area contributed by atoms with Crippen LogP contribution in [0.15, 0.2) is 18.2 Å². The standard InChI is InChI=1S/C18H22N2O5/c1-18(2)13(14(18)17(23)24)16(22)20-11-8-9(4-7-12(11)25-3)15(21)19-10-5-6-10/h4,7-8,10,13-14H,5-6H2,1-3H3,(H,19,21)(H,20,22)(H,23,24)/t13-,14+/m0/s1. The zero-order valence-electron chi connectivity index (χ0n) is 14.5. The number of anilines is 1. The maximum Gasteiger partial charge on any atom is 0.307 e. The molecule has 0 aromatic heterocycles. The van der Waals surface area contributed by atoms with Crippen LogP contribution in [0.3, 0.4) is 0 Å². The molecule has 3 rings (SSSR count). The van der Waals surface area contributed by atoms with Crippen LogP contribution in [0.25, 0.3) is 0 Å². The Labute approximate surface area is 145 Å². The van der Waals surface area contributed by atoms with Crippen LogP contribution in [-0.4, -0.2) is 36.0 Å². The van der Waals surface area contributed by atoms with Gasteiger partial charge >= 0.3 is 5.97 Å². The predicted octanol–water partition coefficient (Wildman–Crippen LogP) is 1.88. The van der Waals surface area contributed by atoms with Crippen molar-refractivity contribution in [2.45, 2.75) is 32.7 Å². The minimum absolute atomic E-state index is 0.198. The number of carbonyl (C=O) groups excluding carboxylic acids is 2. The van der Waals surface area contributed by atoms with Crippen molar-refractivity contribution in [2.24, 2.45) is 17.3 Å². The lowest BCUT2D eigenvalue weighted by molar-refractivity contribution is -0.140. The van der Waals surface area contributed by atoms with Crippen LogP contribution in [0, 0.1) is 17.3 Å². The fourth-order valence-corrected chi connectivity index (χ4v) is 3.24. The number of methoxy groups -OCH3 is 1. The third kappa shape index (κ3) is 3.31. The van der Waals surface area contributed by atoms with Gasteiger partial charge in [-0.2, -0.15) is 0 Å².